The maximum atomic E-state index is 12.4. The van der Waals surface area contributed by atoms with E-state index >= 15 is 0 Å². The van der Waals surface area contributed by atoms with Crippen LogP contribution >= 0.6 is 0 Å². The van der Waals surface area contributed by atoms with Crippen LogP contribution in [0.1, 0.15) is 10.4 Å². The first kappa shape index (κ1) is 17.5. The van der Waals surface area contributed by atoms with Crippen LogP contribution in [0.3, 0.4) is 0 Å². The molecule has 0 atom stereocenters. The lowest BCUT2D eigenvalue weighted by molar-refractivity contribution is 0.0918. The van der Waals surface area contributed by atoms with Crippen molar-refractivity contribution in [2.24, 2.45) is 0 Å². The minimum atomic E-state index is -0.222. The standard InChI is InChI=1S/C18H20O6/c1-20-14-7-5-6-8-15(14)24-11-13(19)12-9-16(21-2)18(23-4)17(10-12)22-3/h5-10H,11H2,1-4H3. The van der Waals surface area contributed by atoms with Crippen molar-refractivity contribution in [3.05, 3.63) is 42.0 Å². The van der Waals surface area contributed by atoms with Gasteiger partial charge in [-0.15, -0.1) is 0 Å². The van der Waals surface area contributed by atoms with Gasteiger partial charge in [-0.1, -0.05) is 12.1 Å². The molecule has 0 heterocycles. The molecule has 6 nitrogen and oxygen atoms in total. The van der Waals surface area contributed by atoms with Crippen molar-refractivity contribution in [2.75, 3.05) is 35.0 Å². The summed E-state index contributed by atoms with van der Waals surface area (Å²) in [6.07, 6.45) is 0. The van der Waals surface area contributed by atoms with Gasteiger partial charge in [0.15, 0.2) is 35.4 Å². The molecule has 6 heteroatoms. The van der Waals surface area contributed by atoms with Gasteiger partial charge in [-0.2, -0.15) is 0 Å². The van der Waals surface area contributed by atoms with Gasteiger partial charge >= 0.3 is 0 Å². The van der Waals surface area contributed by atoms with Crippen LogP contribution in [0.4, 0.5) is 0 Å². The molecule has 2 aromatic carbocycles. The van der Waals surface area contributed by atoms with Crippen LogP contribution in [0.5, 0.6) is 28.7 Å². The summed E-state index contributed by atoms with van der Waals surface area (Å²) in [5.74, 6) is 2.10. The monoisotopic (exact) mass is 332 g/mol. The number of hydrogen-bond acceptors (Lipinski definition) is 6. The Hall–Kier alpha value is -2.89. The molecule has 2 aromatic rings. The molecule has 0 aromatic heterocycles. The second-order valence-corrected chi connectivity index (χ2v) is 4.78. The third-order valence-electron chi connectivity index (χ3n) is 3.41. The molecule has 0 N–H and O–H groups in total. The lowest BCUT2D eigenvalue weighted by Crippen LogP contribution is -2.12. The first-order valence-corrected chi connectivity index (χ1v) is 7.23. The van der Waals surface area contributed by atoms with Gasteiger partial charge in [0, 0.05) is 5.56 Å². The highest BCUT2D eigenvalue weighted by Crippen LogP contribution is 2.38. The quantitative estimate of drug-likeness (QED) is 0.693. The summed E-state index contributed by atoms with van der Waals surface area (Å²) >= 11 is 0. The maximum Gasteiger partial charge on any atom is 0.203 e. The third-order valence-corrected chi connectivity index (χ3v) is 3.41. The largest absolute Gasteiger partial charge is 0.493 e. The van der Waals surface area contributed by atoms with Crippen LogP contribution in [0.25, 0.3) is 0 Å². The number of ether oxygens (including phenoxy) is 5. The lowest BCUT2D eigenvalue weighted by atomic mass is 10.1. The fourth-order valence-corrected chi connectivity index (χ4v) is 2.21. The molecule has 0 fully saturated rings. The molecule has 0 radical (unpaired) electrons. The predicted octanol–water partition coefficient (Wildman–Crippen LogP) is 2.98. The normalized spacial score (nSPS) is 10.0. The molecule has 0 aliphatic carbocycles. The molecular weight excluding hydrogens is 312 g/mol. The molecule has 0 saturated heterocycles. The molecule has 0 bridgehead atoms. The van der Waals surface area contributed by atoms with Crippen LogP contribution in [0, 0.1) is 0 Å². The van der Waals surface area contributed by atoms with Crippen LogP contribution < -0.4 is 23.7 Å². The summed E-state index contributed by atoms with van der Waals surface area (Å²) in [6.45, 7) is -0.140. The zero-order valence-electron chi connectivity index (χ0n) is 14.1. The minimum absolute atomic E-state index is 0.140. The summed E-state index contributed by atoms with van der Waals surface area (Å²) in [5.41, 5.74) is 0.402. The number of rotatable bonds is 8. The first-order valence-electron chi connectivity index (χ1n) is 7.23. The Kier molecular flexibility index (Phi) is 5.89. The number of ketones is 1. The van der Waals surface area contributed by atoms with Gasteiger partial charge in [0.1, 0.15) is 0 Å². The molecule has 0 aliphatic rings. The minimum Gasteiger partial charge on any atom is -0.493 e. The first-order chi connectivity index (χ1) is 11.6. The van der Waals surface area contributed by atoms with E-state index in [2.05, 4.69) is 0 Å². The van der Waals surface area contributed by atoms with E-state index in [0.717, 1.165) is 0 Å². The van der Waals surface area contributed by atoms with Crippen molar-refractivity contribution in [1.29, 1.82) is 0 Å². The van der Waals surface area contributed by atoms with E-state index in [1.807, 2.05) is 12.1 Å². The van der Waals surface area contributed by atoms with Crippen molar-refractivity contribution in [2.45, 2.75) is 0 Å². The highest BCUT2D eigenvalue weighted by Gasteiger charge is 2.17. The van der Waals surface area contributed by atoms with E-state index in [0.29, 0.717) is 34.3 Å². The number of Topliss-reactive ketones (excluding diaryl/α,β-unsaturated/α-hetero) is 1. The van der Waals surface area contributed by atoms with Gasteiger partial charge < -0.3 is 23.7 Å². The Morgan fingerprint density at radius 1 is 0.792 bits per heavy atom. The fourth-order valence-electron chi connectivity index (χ4n) is 2.21. The molecule has 2 rings (SSSR count). The van der Waals surface area contributed by atoms with E-state index in [9.17, 15) is 4.79 Å². The van der Waals surface area contributed by atoms with E-state index in [-0.39, 0.29) is 12.4 Å². The number of carbonyl (C=O) groups excluding carboxylic acids is 1. The van der Waals surface area contributed by atoms with Crippen molar-refractivity contribution < 1.29 is 28.5 Å². The van der Waals surface area contributed by atoms with Crippen LogP contribution in [-0.2, 0) is 0 Å². The average Bonchev–Trinajstić information content (AvgIpc) is 2.64. The SMILES string of the molecule is COc1ccccc1OCC(=O)c1cc(OC)c(OC)c(OC)c1. The van der Waals surface area contributed by atoms with Gasteiger partial charge in [0.25, 0.3) is 0 Å². The Morgan fingerprint density at radius 3 is 1.83 bits per heavy atom. The van der Waals surface area contributed by atoms with E-state index in [4.69, 9.17) is 23.7 Å². The number of methoxy groups -OCH3 is 4. The zero-order chi connectivity index (χ0) is 17.5. The number of para-hydroxylation sites is 2. The van der Waals surface area contributed by atoms with Gasteiger partial charge in [-0.3, -0.25) is 4.79 Å². The molecule has 0 saturated carbocycles. The Labute approximate surface area is 140 Å². The third kappa shape index (κ3) is 3.71. The second kappa shape index (κ2) is 8.10. The molecular formula is C18H20O6. The van der Waals surface area contributed by atoms with Crippen molar-refractivity contribution in [3.63, 3.8) is 0 Å². The Morgan fingerprint density at radius 2 is 1.33 bits per heavy atom. The summed E-state index contributed by atoms with van der Waals surface area (Å²) in [4.78, 5) is 12.4. The molecule has 128 valence electrons. The summed E-state index contributed by atoms with van der Waals surface area (Å²) in [6, 6.07) is 10.3. The summed E-state index contributed by atoms with van der Waals surface area (Å²) in [7, 11) is 6.05. The van der Waals surface area contributed by atoms with Crippen molar-refractivity contribution >= 4 is 5.78 Å². The highest BCUT2D eigenvalue weighted by molar-refractivity contribution is 5.98. The number of benzene rings is 2. The molecule has 0 spiro atoms. The predicted molar refractivity (Wildman–Crippen MR) is 88.9 cm³/mol. The van der Waals surface area contributed by atoms with Gasteiger partial charge in [0.05, 0.1) is 28.4 Å². The van der Waals surface area contributed by atoms with E-state index in [1.165, 1.54) is 21.3 Å². The van der Waals surface area contributed by atoms with Gasteiger partial charge in [0.2, 0.25) is 5.75 Å². The van der Waals surface area contributed by atoms with Gasteiger partial charge in [-0.05, 0) is 24.3 Å². The van der Waals surface area contributed by atoms with Crippen molar-refractivity contribution in [3.8, 4) is 28.7 Å². The second-order valence-electron chi connectivity index (χ2n) is 4.78. The zero-order valence-corrected chi connectivity index (χ0v) is 14.1. The maximum absolute atomic E-state index is 12.4. The molecule has 0 unspecified atom stereocenters. The Balaban J connectivity index is 2.20. The lowest BCUT2D eigenvalue weighted by Gasteiger charge is -2.14. The molecule has 24 heavy (non-hydrogen) atoms. The smallest absolute Gasteiger partial charge is 0.203 e. The van der Waals surface area contributed by atoms with Gasteiger partial charge in [-0.25, -0.2) is 0 Å². The fraction of sp³-hybridized carbons (Fsp3) is 0.278. The number of carbonyl (C=O) groups is 1. The summed E-state index contributed by atoms with van der Waals surface area (Å²) in [5, 5.41) is 0. The van der Waals surface area contributed by atoms with E-state index < -0.39 is 0 Å². The Bertz CT molecular complexity index is 685. The molecule has 0 amide bonds. The topological polar surface area (TPSA) is 63.2 Å². The highest BCUT2D eigenvalue weighted by atomic mass is 16.5. The van der Waals surface area contributed by atoms with Crippen LogP contribution in [0.2, 0.25) is 0 Å². The van der Waals surface area contributed by atoms with E-state index in [1.54, 1.807) is 31.4 Å². The van der Waals surface area contributed by atoms with Crippen LogP contribution in [0.15, 0.2) is 36.4 Å². The van der Waals surface area contributed by atoms with Crippen molar-refractivity contribution in [1.82, 2.24) is 0 Å². The van der Waals surface area contributed by atoms with Crippen LogP contribution in [-0.4, -0.2) is 40.8 Å². The number of hydrogen-bond donors (Lipinski definition) is 0. The molecule has 0 aliphatic heterocycles. The average molecular weight is 332 g/mol. The summed E-state index contributed by atoms with van der Waals surface area (Å²) < 4.78 is 26.5.